The average Bonchev–Trinajstić information content (AvgIpc) is 2.28. The Labute approximate surface area is 84.7 Å². The predicted molar refractivity (Wildman–Crippen MR) is 56.9 cm³/mol. The second kappa shape index (κ2) is 4.00. The number of nitrogen functional groups attached to an aromatic ring is 1. The van der Waals surface area contributed by atoms with E-state index >= 15 is 0 Å². The van der Waals surface area contributed by atoms with Crippen molar-refractivity contribution in [1.29, 1.82) is 0 Å². The maximum atomic E-state index is 8.77. The van der Waals surface area contributed by atoms with Gasteiger partial charge in [0.2, 0.25) is 0 Å². The van der Waals surface area contributed by atoms with E-state index in [2.05, 4.69) is 25.9 Å². The standard InChI is InChI=1S/C10H19N3O/c1-10(2,3)7-8-6-9(11)13(12-8)4-5-14/h6,14H,4-5,7,11H2,1-3H3. The molecular weight excluding hydrogens is 178 g/mol. The molecule has 0 atom stereocenters. The molecule has 0 radical (unpaired) electrons. The summed E-state index contributed by atoms with van der Waals surface area (Å²) in [6.45, 7) is 7.02. The first-order chi connectivity index (χ1) is 6.42. The van der Waals surface area contributed by atoms with E-state index in [1.165, 1.54) is 0 Å². The number of nitrogens with zero attached hydrogens (tertiary/aromatic N) is 2. The quantitative estimate of drug-likeness (QED) is 0.761. The van der Waals surface area contributed by atoms with E-state index in [-0.39, 0.29) is 12.0 Å². The van der Waals surface area contributed by atoms with Gasteiger partial charge in [-0.2, -0.15) is 5.10 Å². The zero-order valence-corrected chi connectivity index (χ0v) is 9.12. The van der Waals surface area contributed by atoms with Crippen molar-refractivity contribution >= 4 is 5.82 Å². The molecule has 1 heterocycles. The van der Waals surface area contributed by atoms with Crippen molar-refractivity contribution in [2.75, 3.05) is 12.3 Å². The van der Waals surface area contributed by atoms with E-state index in [0.717, 1.165) is 12.1 Å². The normalized spacial score (nSPS) is 12.0. The van der Waals surface area contributed by atoms with Crippen LogP contribution in [-0.2, 0) is 13.0 Å². The molecule has 0 unspecified atom stereocenters. The van der Waals surface area contributed by atoms with Crippen LogP contribution < -0.4 is 5.73 Å². The van der Waals surface area contributed by atoms with E-state index in [4.69, 9.17) is 10.8 Å². The summed E-state index contributed by atoms with van der Waals surface area (Å²) in [4.78, 5) is 0. The molecule has 0 aromatic carbocycles. The van der Waals surface area contributed by atoms with Gasteiger partial charge in [0.15, 0.2) is 0 Å². The maximum Gasteiger partial charge on any atom is 0.122 e. The highest BCUT2D eigenvalue weighted by Crippen LogP contribution is 2.20. The second-order valence-corrected chi connectivity index (χ2v) is 4.74. The molecule has 3 N–H and O–H groups in total. The fraction of sp³-hybridized carbons (Fsp3) is 0.700. The predicted octanol–water partition coefficient (Wildman–Crippen LogP) is 1.05. The van der Waals surface area contributed by atoms with Gasteiger partial charge in [0, 0.05) is 6.07 Å². The Morgan fingerprint density at radius 1 is 1.50 bits per heavy atom. The molecule has 4 nitrogen and oxygen atoms in total. The molecule has 0 amide bonds. The summed E-state index contributed by atoms with van der Waals surface area (Å²) in [5, 5.41) is 13.1. The lowest BCUT2D eigenvalue weighted by molar-refractivity contribution is 0.269. The average molecular weight is 197 g/mol. The van der Waals surface area contributed by atoms with Gasteiger partial charge >= 0.3 is 0 Å². The Bertz CT molecular complexity index is 299. The lowest BCUT2D eigenvalue weighted by atomic mass is 9.91. The van der Waals surface area contributed by atoms with Crippen molar-refractivity contribution < 1.29 is 5.11 Å². The van der Waals surface area contributed by atoms with Crippen LogP contribution in [0, 0.1) is 5.41 Å². The smallest absolute Gasteiger partial charge is 0.122 e. The number of hydrogen-bond donors (Lipinski definition) is 2. The summed E-state index contributed by atoms with van der Waals surface area (Å²) in [6, 6.07) is 1.88. The zero-order valence-electron chi connectivity index (χ0n) is 9.12. The third kappa shape index (κ3) is 3.03. The van der Waals surface area contributed by atoms with Gasteiger partial charge in [0.1, 0.15) is 5.82 Å². The van der Waals surface area contributed by atoms with E-state index in [0.29, 0.717) is 12.4 Å². The molecule has 1 aromatic rings. The SMILES string of the molecule is CC(C)(C)Cc1cc(N)n(CCO)n1. The summed E-state index contributed by atoms with van der Waals surface area (Å²) in [6.07, 6.45) is 0.898. The fourth-order valence-electron chi connectivity index (χ4n) is 1.39. The van der Waals surface area contributed by atoms with E-state index in [9.17, 15) is 0 Å². The third-order valence-corrected chi connectivity index (χ3v) is 1.88. The minimum absolute atomic E-state index is 0.0703. The van der Waals surface area contributed by atoms with Gasteiger partial charge in [-0.3, -0.25) is 0 Å². The molecule has 0 saturated heterocycles. The Kier molecular flexibility index (Phi) is 3.16. The highest BCUT2D eigenvalue weighted by atomic mass is 16.3. The Balaban J connectivity index is 2.75. The molecule has 1 aromatic heterocycles. The molecule has 0 aliphatic heterocycles. The number of hydrogen-bond acceptors (Lipinski definition) is 3. The van der Waals surface area contributed by atoms with Crippen LogP contribution in [0.3, 0.4) is 0 Å². The molecule has 0 fully saturated rings. The topological polar surface area (TPSA) is 64.1 Å². The van der Waals surface area contributed by atoms with Crippen molar-refractivity contribution in [3.63, 3.8) is 0 Å². The third-order valence-electron chi connectivity index (χ3n) is 1.88. The molecule has 0 spiro atoms. The monoisotopic (exact) mass is 197 g/mol. The first-order valence-electron chi connectivity index (χ1n) is 4.85. The van der Waals surface area contributed by atoms with Crippen LogP contribution in [0.25, 0.3) is 0 Å². The number of aliphatic hydroxyl groups is 1. The Morgan fingerprint density at radius 3 is 2.64 bits per heavy atom. The van der Waals surface area contributed by atoms with Crippen molar-refractivity contribution in [2.24, 2.45) is 5.41 Å². The number of rotatable bonds is 3. The lowest BCUT2D eigenvalue weighted by Gasteiger charge is -2.15. The van der Waals surface area contributed by atoms with E-state index < -0.39 is 0 Å². The Morgan fingerprint density at radius 2 is 2.14 bits per heavy atom. The molecular formula is C10H19N3O. The largest absolute Gasteiger partial charge is 0.394 e. The molecule has 0 aliphatic rings. The molecule has 0 saturated carbocycles. The minimum atomic E-state index is 0.0703. The van der Waals surface area contributed by atoms with Crippen molar-refractivity contribution in [2.45, 2.75) is 33.7 Å². The lowest BCUT2D eigenvalue weighted by Crippen LogP contribution is -2.11. The van der Waals surface area contributed by atoms with Crippen molar-refractivity contribution in [3.8, 4) is 0 Å². The van der Waals surface area contributed by atoms with Gasteiger partial charge in [-0.1, -0.05) is 20.8 Å². The summed E-state index contributed by atoms with van der Waals surface area (Å²) in [7, 11) is 0. The van der Waals surface area contributed by atoms with Gasteiger partial charge in [0.05, 0.1) is 18.8 Å². The summed E-state index contributed by atoms with van der Waals surface area (Å²) in [5.41, 5.74) is 6.94. The molecule has 80 valence electrons. The van der Waals surface area contributed by atoms with Gasteiger partial charge in [-0.05, 0) is 11.8 Å². The first kappa shape index (κ1) is 11.0. The molecule has 1 rings (SSSR count). The summed E-state index contributed by atoms with van der Waals surface area (Å²) >= 11 is 0. The van der Waals surface area contributed by atoms with Crippen LogP contribution in [0.2, 0.25) is 0 Å². The van der Waals surface area contributed by atoms with Gasteiger partial charge in [-0.15, -0.1) is 0 Å². The number of aliphatic hydroxyl groups excluding tert-OH is 1. The number of nitrogens with two attached hydrogens (primary N) is 1. The molecule has 4 heteroatoms. The first-order valence-corrected chi connectivity index (χ1v) is 4.85. The molecule has 14 heavy (non-hydrogen) atoms. The summed E-state index contributed by atoms with van der Waals surface area (Å²) in [5.74, 6) is 0.623. The van der Waals surface area contributed by atoms with Crippen LogP contribution in [0.15, 0.2) is 6.07 Å². The minimum Gasteiger partial charge on any atom is -0.394 e. The highest BCUT2D eigenvalue weighted by molar-refractivity contribution is 5.31. The fourth-order valence-corrected chi connectivity index (χ4v) is 1.39. The van der Waals surface area contributed by atoms with Gasteiger partial charge in [0.25, 0.3) is 0 Å². The number of anilines is 1. The number of aromatic nitrogens is 2. The van der Waals surface area contributed by atoms with E-state index in [1.54, 1.807) is 4.68 Å². The Hall–Kier alpha value is -1.03. The van der Waals surface area contributed by atoms with Crippen LogP contribution in [-0.4, -0.2) is 21.5 Å². The zero-order chi connectivity index (χ0) is 10.8. The van der Waals surface area contributed by atoms with E-state index in [1.807, 2.05) is 6.07 Å². The van der Waals surface area contributed by atoms with Crippen molar-refractivity contribution in [3.05, 3.63) is 11.8 Å². The maximum absolute atomic E-state index is 8.77. The van der Waals surface area contributed by atoms with Crippen molar-refractivity contribution in [1.82, 2.24) is 9.78 Å². The van der Waals surface area contributed by atoms with Crippen LogP contribution in [0.4, 0.5) is 5.82 Å². The van der Waals surface area contributed by atoms with Gasteiger partial charge < -0.3 is 10.8 Å². The van der Waals surface area contributed by atoms with Crippen LogP contribution in [0.1, 0.15) is 26.5 Å². The molecule has 0 bridgehead atoms. The highest BCUT2D eigenvalue weighted by Gasteiger charge is 2.14. The van der Waals surface area contributed by atoms with Crippen LogP contribution >= 0.6 is 0 Å². The second-order valence-electron chi connectivity index (χ2n) is 4.74. The molecule has 0 aliphatic carbocycles. The van der Waals surface area contributed by atoms with Gasteiger partial charge in [-0.25, -0.2) is 4.68 Å². The van der Waals surface area contributed by atoms with Crippen LogP contribution in [0.5, 0.6) is 0 Å². The summed E-state index contributed by atoms with van der Waals surface area (Å²) < 4.78 is 1.64.